The summed E-state index contributed by atoms with van der Waals surface area (Å²) < 4.78 is 0. The molecule has 3 rings (SSSR count). The third-order valence-corrected chi connectivity index (χ3v) is 3.27. The van der Waals surface area contributed by atoms with E-state index >= 15 is 0 Å². The SMILES string of the molecule is Cc1cc(N)ccc1Nc1ccc2c(c1)C(=O)NC2=O. The molecule has 0 fully saturated rings. The molecule has 0 radical (unpaired) electrons. The Hall–Kier alpha value is -2.82. The molecule has 0 unspecified atom stereocenters. The summed E-state index contributed by atoms with van der Waals surface area (Å²) in [7, 11) is 0. The number of amides is 2. The van der Waals surface area contributed by atoms with Crippen molar-refractivity contribution in [1.29, 1.82) is 0 Å². The third-order valence-electron chi connectivity index (χ3n) is 3.27. The molecule has 20 heavy (non-hydrogen) atoms. The average molecular weight is 267 g/mol. The number of benzene rings is 2. The largest absolute Gasteiger partial charge is 0.399 e. The van der Waals surface area contributed by atoms with E-state index in [4.69, 9.17) is 5.73 Å². The Morgan fingerprint density at radius 1 is 1.00 bits per heavy atom. The Labute approximate surface area is 115 Å². The monoisotopic (exact) mass is 267 g/mol. The summed E-state index contributed by atoms with van der Waals surface area (Å²) in [4.78, 5) is 23.1. The van der Waals surface area contributed by atoms with Gasteiger partial charge in [0.05, 0.1) is 11.1 Å². The summed E-state index contributed by atoms with van der Waals surface area (Å²) in [5.41, 5.74) is 9.88. The van der Waals surface area contributed by atoms with Crippen LogP contribution in [-0.2, 0) is 0 Å². The van der Waals surface area contributed by atoms with E-state index in [1.807, 2.05) is 19.1 Å². The van der Waals surface area contributed by atoms with Crippen molar-refractivity contribution in [3.63, 3.8) is 0 Å². The minimum Gasteiger partial charge on any atom is -0.399 e. The van der Waals surface area contributed by atoms with Crippen LogP contribution in [0.15, 0.2) is 36.4 Å². The minimum absolute atomic E-state index is 0.347. The second kappa shape index (κ2) is 4.38. The first-order valence-electron chi connectivity index (χ1n) is 6.17. The lowest BCUT2D eigenvalue weighted by Crippen LogP contribution is -2.19. The van der Waals surface area contributed by atoms with Crippen LogP contribution in [0.3, 0.4) is 0 Å². The Kier molecular flexibility index (Phi) is 2.68. The van der Waals surface area contributed by atoms with Gasteiger partial charge in [0.2, 0.25) is 0 Å². The zero-order valence-corrected chi connectivity index (χ0v) is 10.9. The molecule has 100 valence electrons. The van der Waals surface area contributed by atoms with Crippen LogP contribution < -0.4 is 16.4 Å². The smallest absolute Gasteiger partial charge is 0.259 e. The lowest BCUT2D eigenvalue weighted by molar-refractivity contribution is 0.0879. The zero-order valence-electron chi connectivity index (χ0n) is 10.9. The van der Waals surface area contributed by atoms with Gasteiger partial charge < -0.3 is 11.1 Å². The molecule has 0 bridgehead atoms. The molecule has 2 aromatic rings. The molecule has 5 nitrogen and oxygen atoms in total. The molecule has 5 heteroatoms. The fraction of sp³-hybridized carbons (Fsp3) is 0.0667. The molecule has 1 heterocycles. The Morgan fingerprint density at radius 2 is 1.75 bits per heavy atom. The quantitative estimate of drug-likeness (QED) is 0.575. The molecular weight excluding hydrogens is 254 g/mol. The maximum atomic E-state index is 11.6. The highest BCUT2D eigenvalue weighted by atomic mass is 16.2. The normalized spacial score (nSPS) is 13.1. The number of imide groups is 1. The average Bonchev–Trinajstić information content (AvgIpc) is 2.68. The number of carbonyl (C=O) groups is 2. The van der Waals surface area contributed by atoms with Gasteiger partial charge in [-0.15, -0.1) is 0 Å². The van der Waals surface area contributed by atoms with Crippen LogP contribution in [0.4, 0.5) is 17.1 Å². The van der Waals surface area contributed by atoms with Crippen molar-refractivity contribution in [2.24, 2.45) is 0 Å². The van der Waals surface area contributed by atoms with Gasteiger partial charge >= 0.3 is 0 Å². The third kappa shape index (κ3) is 1.99. The zero-order chi connectivity index (χ0) is 14.3. The Morgan fingerprint density at radius 3 is 2.50 bits per heavy atom. The van der Waals surface area contributed by atoms with E-state index in [-0.39, 0.29) is 11.8 Å². The molecular formula is C15H13N3O2. The number of hydrogen-bond acceptors (Lipinski definition) is 4. The minimum atomic E-state index is -0.359. The summed E-state index contributed by atoms with van der Waals surface area (Å²) >= 11 is 0. The van der Waals surface area contributed by atoms with Gasteiger partial charge in [-0.25, -0.2) is 0 Å². The van der Waals surface area contributed by atoms with E-state index in [1.54, 1.807) is 24.3 Å². The number of carbonyl (C=O) groups excluding carboxylic acids is 2. The van der Waals surface area contributed by atoms with Crippen molar-refractivity contribution >= 4 is 28.9 Å². The van der Waals surface area contributed by atoms with E-state index in [0.29, 0.717) is 16.8 Å². The second-order valence-electron chi connectivity index (χ2n) is 4.74. The molecule has 0 atom stereocenters. The summed E-state index contributed by atoms with van der Waals surface area (Å²) in [6.07, 6.45) is 0. The lowest BCUT2D eigenvalue weighted by Gasteiger charge is -2.10. The van der Waals surface area contributed by atoms with Crippen LogP contribution in [0, 0.1) is 6.92 Å². The molecule has 2 aromatic carbocycles. The maximum absolute atomic E-state index is 11.6. The molecule has 0 aromatic heterocycles. The molecule has 1 aliphatic rings. The molecule has 0 saturated carbocycles. The van der Waals surface area contributed by atoms with Gasteiger partial charge in [-0.05, 0) is 48.9 Å². The van der Waals surface area contributed by atoms with Gasteiger partial charge in [0.25, 0.3) is 11.8 Å². The van der Waals surface area contributed by atoms with E-state index in [1.165, 1.54) is 0 Å². The van der Waals surface area contributed by atoms with Crippen LogP contribution >= 0.6 is 0 Å². The highest BCUT2D eigenvalue weighted by Gasteiger charge is 2.26. The predicted molar refractivity (Wildman–Crippen MR) is 77.1 cm³/mol. The Balaban J connectivity index is 1.95. The first-order chi connectivity index (χ1) is 9.54. The lowest BCUT2D eigenvalue weighted by atomic mass is 10.1. The number of aryl methyl sites for hydroxylation is 1. The van der Waals surface area contributed by atoms with Crippen LogP contribution in [-0.4, -0.2) is 11.8 Å². The van der Waals surface area contributed by atoms with Crippen LogP contribution in [0.5, 0.6) is 0 Å². The van der Waals surface area contributed by atoms with E-state index in [0.717, 1.165) is 16.9 Å². The fourth-order valence-corrected chi connectivity index (χ4v) is 2.23. The molecule has 0 spiro atoms. The maximum Gasteiger partial charge on any atom is 0.259 e. The Bertz CT molecular complexity index is 738. The van der Waals surface area contributed by atoms with Crippen molar-refractivity contribution in [3.8, 4) is 0 Å². The predicted octanol–water partition coefficient (Wildman–Crippen LogP) is 2.20. The van der Waals surface area contributed by atoms with E-state index in [2.05, 4.69) is 10.6 Å². The van der Waals surface area contributed by atoms with Crippen molar-refractivity contribution in [2.45, 2.75) is 6.92 Å². The summed E-state index contributed by atoms with van der Waals surface area (Å²) in [5.74, 6) is -0.706. The van der Waals surface area contributed by atoms with Crippen LogP contribution in [0.2, 0.25) is 0 Å². The molecule has 2 amide bonds. The summed E-state index contributed by atoms with van der Waals surface area (Å²) in [5, 5.41) is 5.49. The van der Waals surface area contributed by atoms with Crippen molar-refractivity contribution in [3.05, 3.63) is 53.1 Å². The van der Waals surface area contributed by atoms with Crippen LogP contribution in [0.25, 0.3) is 0 Å². The van der Waals surface area contributed by atoms with E-state index < -0.39 is 0 Å². The van der Waals surface area contributed by atoms with Gasteiger partial charge in [-0.3, -0.25) is 14.9 Å². The van der Waals surface area contributed by atoms with Gasteiger partial charge in [0.15, 0.2) is 0 Å². The first-order valence-corrected chi connectivity index (χ1v) is 6.17. The second-order valence-corrected chi connectivity index (χ2v) is 4.74. The van der Waals surface area contributed by atoms with Crippen molar-refractivity contribution < 1.29 is 9.59 Å². The standard InChI is InChI=1S/C15H13N3O2/c1-8-6-9(16)2-5-13(8)17-10-3-4-11-12(7-10)15(20)18-14(11)19/h2-7,17H,16H2,1H3,(H,18,19,20). The number of nitrogens with one attached hydrogen (secondary N) is 2. The number of fused-ring (bicyclic) bond motifs is 1. The molecule has 4 N–H and O–H groups in total. The number of rotatable bonds is 2. The van der Waals surface area contributed by atoms with Crippen molar-refractivity contribution in [1.82, 2.24) is 5.32 Å². The highest BCUT2D eigenvalue weighted by Crippen LogP contribution is 2.25. The highest BCUT2D eigenvalue weighted by molar-refractivity contribution is 6.21. The molecule has 0 aliphatic carbocycles. The van der Waals surface area contributed by atoms with Crippen LogP contribution in [0.1, 0.15) is 26.3 Å². The van der Waals surface area contributed by atoms with Gasteiger partial charge in [-0.1, -0.05) is 0 Å². The van der Waals surface area contributed by atoms with Gasteiger partial charge in [0, 0.05) is 17.1 Å². The van der Waals surface area contributed by atoms with Gasteiger partial charge in [-0.2, -0.15) is 0 Å². The fourth-order valence-electron chi connectivity index (χ4n) is 2.23. The van der Waals surface area contributed by atoms with Gasteiger partial charge in [0.1, 0.15) is 0 Å². The number of hydrogen-bond donors (Lipinski definition) is 3. The number of nitrogens with two attached hydrogens (primary N) is 1. The summed E-state index contributed by atoms with van der Waals surface area (Å²) in [6, 6.07) is 10.6. The first kappa shape index (κ1) is 12.2. The van der Waals surface area contributed by atoms with E-state index in [9.17, 15) is 9.59 Å². The topological polar surface area (TPSA) is 84.2 Å². The number of nitrogen functional groups attached to an aromatic ring is 1. The molecule has 1 aliphatic heterocycles. The van der Waals surface area contributed by atoms with Crippen molar-refractivity contribution in [2.75, 3.05) is 11.1 Å². The summed E-state index contributed by atoms with van der Waals surface area (Å²) in [6.45, 7) is 1.95. The number of anilines is 3. The molecule has 0 saturated heterocycles.